The Hall–Kier alpha value is -2.59. The molecule has 0 saturated heterocycles. The predicted molar refractivity (Wildman–Crippen MR) is 112 cm³/mol. The lowest BCUT2D eigenvalue weighted by molar-refractivity contribution is 0.0981. The number of nitrogens with zero attached hydrogens (tertiary/aromatic N) is 1. The quantitative estimate of drug-likeness (QED) is 0.575. The normalized spacial score (nSPS) is 22.5. The van der Waals surface area contributed by atoms with Gasteiger partial charge in [-0.15, -0.1) is 0 Å². The lowest BCUT2D eigenvalue weighted by atomic mass is 10.0. The number of fused-ring (bicyclic) bond motifs is 1. The molecule has 1 amide bonds. The average Bonchev–Trinajstić information content (AvgIpc) is 3.31. The first kappa shape index (κ1) is 20.7. The monoisotopic (exact) mass is 433 g/mol. The molecule has 4 rings (SSSR count). The van der Waals surface area contributed by atoms with Crippen LogP contribution in [0.1, 0.15) is 50.3 Å². The summed E-state index contributed by atoms with van der Waals surface area (Å²) in [6.45, 7) is 4.18. The second-order valence-electron chi connectivity index (χ2n) is 8.10. The molecule has 1 saturated carbocycles. The lowest BCUT2D eigenvalue weighted by Gasteiger charge is -2.20. The molecule has 2 aliphatic rings. The van der Waals surface area contributed by atoms with Crippen LogP contribution < -0.4 is 15.4 Å². The molecule has 0 spiro atoms. The van der Waals surface area contributed by atoms with Crippen LogP contribution in [-0.4, -0.2) is 43.4 Å². The largest absolute Gasteiger partial charge is 0.446 e. The van der Waals surface area contributed by atoms with Crippen LogP contribution in [0.25, 0.3) is 0 Å². The third-order valence-corrected chi connectivity index (χ3v) is 7.00. The molecule has 162 valence electrons. The fraction of sp³-hybridized carbons (Fsp3) is 0.500. The van der Waals surface area contributed by atoms with Crippen LogP contribution in [0.5, 0.6) is 0 Å². The molecule has 2 aromatic rings. The Morgan fingerprint density at radius 2 is 2.13 bits per heavy atom. The molecule has 0 radical (unpaired) electrons. The van der Waals surface area contributed by atoms with Crippen molar-refractivity contribution in [1.29, 1.82) is 0 Å². The third-order valence-electron chi connectivity index (χ3n) is 5.45. The highest BCUT2D eigenvalue weighted by Crippen LogP contribution is 2.36. The van der Waals surface area contributed by atoms with E-state index in [0.717, 1.165) is 36.2 Å². The Kier molecular flexibility index (Phi) is 5.70. The molecule has 1 aliphatic carbocycles. The number of aromatic amines is 1. The van der Waals surface area contributed by atoms with E-state index < -0.39 is 10.0 Å². The molecule has 4 N–H and O–H groups in total. The van der Waals surface area contributed by atoms with Gasteiger partial charge in [0.25, 0.3) is 0 Å². The highest BCUT2D eigenvalue weighted by molar-refractivity contribution is 7.89. The molecule has 30 heavy (non-hydrogen) atoms. The maximum atomic E-state index is 12.2. The van der Waals surface area contributed by atoms with Crippen molar-refractivity contribution >= 4 is 27.6 Å². The van der Waals surface area contributed by atoms with Crippen LogP contribution in [0, 0.1) is 0 Å². The molecule has 1 aromatic carbocycles. The summed E-state index contributed by atoms with van der Waals surface area (Å²) in [4.78, 5) is 12.1. The van der Waals surface area contributed by atoms with Crippen molar-refractivity contribution in [3.05, 3.63) is 35.5 Å². The predicted octanol–water partition coefficient (Wildman–Crippen LogP) is 2.76. The number of anilines is 2. The topological polar surface area (TPSA) is 125 Å². The van der Waals surface area contributed by atoms with Crippen molar-refractivity contribution in [2.75, 3.05) is 11.9 Å². The van der Waals surface area contributed by atoms with Gasteiger partial charge in [0.1, 0.15) is 6.10 Å². The second kappa shape index (κ2) is 8.27. The average molecular weight is 434 g/mol. The van der Waals surface area contributed by atoms with Gasteiger partial charge in [0, 0.05) is 36.0 Å². The summed E-state index contributed by atoms with van der Waals surface area (Å²) in [6.07, 6.45) is 2.61. The minimum absolute atomic E-state index is 0.0467. The molecule has 2 atom stereocenters. The molecule has 10 heteroatoms. The summed E-state index contributed by atoms with van der Waals surface area (Å²) in [6, 6.07) is 7.19. The molecular weight excluding hydrogens is 406 g/mol. The van der Waals surface area contributed by atoms with E-state index in [0.29, 0.717) is 23.7 Å². The first-order chi connectivity index (χ1) is 14.3. The Balaban J connectivity index is 1.42. The van der Waals surface area contributed by atoms with Gasteiger partial charge in [0.05, 0.1) is 4.90 Å². The van der Waals surface area contributed by atoms with Gasteiger partial charge >= 0.3 is 6.09 Å². The number of aromatic nitrogens is 2. The van der Waals surface area contributed by atoms with Gasteiger partial charge in [-0.3, -0.25) is 5.10 Å². The maximum absolute atomic E-state index is 12.2. The fourth-order valence-electron chi connectivity index (χ4n) is 4.08. The number of ether oxygens (including phenoxy) is 1. The molecule has 0 unspecified atom stereocenters. The zero-order valence-electron chi connectivity index (χ0n) is 17.1. The van der Waals surface area contributed by atoms with Crippen LogP contribution in [0.3, 0.4) is 0 Å². The number of hydrogen-bond donors (Lipinski definition) is 4. The number of amides is 1. The number of carbonyl (C=O) groups excluding carboxylic acids is 1. The number of nitrogens with one attached hydrogen (secondary N) is 4. The van der Waals surface area contributed by atoms with Gasteiger partial charge in [-0.1, -0.05) is 6.07 Å². The number of benzene rings is 1. The number of carbonyl (C=O) groups is 1. The molecule has 1 aromatic heterocycles. The van der Waals surface area contributed by atoms with Gasteiger partial charge in [-0.25, -0.2) is 17.9 Å². The first-order valence-electron chi connectivity index (χ1n) is 10.2. The highest BCUT2D eigenvalue weighted by Gasteiger charge is 2.30. The van der Waals surface area contributed by atoms with E-state index in [1.54, 1.807) is 12.1 Å². The van der Waals surface area contributed by atoms with Crippen LogP contribution >= 0.6 is 0 Å². The fourth-order valence-corrected chi connectivity index (χ4v) is 5.40. The van der Waals surface area contributed by atoms with Gasteiger partial charge in [-0.2, -0.15) is 5.10 Å². The molecule has 1 aliphatic heterocycles. The van der Waals surface area contributed by atoms with Crippen molar-refractivity contribution in [2.45, 2.75) is 62.5 Å². The summed E-state index contributed by atoms with van der Waals surface area (Å²) in [5, 5.41) is 13.4. The molecule has 2 heterocycles. The van der Waals surface area contributed by atoms with Gasteiger partial charge < -0.3 is 15.4 Å². The number of sulfonamides is 1. The number of hydrogen-bond acceptors (Lipinski definition) is 6. The van der Waals surface area contributed by atoms with E-state index in [4.69, 9.17) is 4.74 Å². The van der Waals surface area contributed by atoms with E-state index in [-0.39, 0.29) is 24.2 Å². The molecule has 9 nitrogen and oxygen atoms in total. The van der Waals surface area contributed by atoms with E-state index in [1.807, 2.05) is 26.0 Å². The molecule has 1 fully saturated rings. The van der Waals surface area contributed by atoms with E-state index in [2.05, 4.69) is 25.6 Å². The van der Waals surface area contributed by atoms with Gasteiger partial charge in [-0.05, 0) is 57.2 Å². The van der Waals surface area contributed by atoms with E-state index in [9.17, 15) is 13.2 Å². The summed E-state index contributed by atoms with van der Waals surface area (Å²) < 4.78 is 32.5. The summed E-state index contributed by atoms with van der Waals surface area (Å²) in [5.74, 6) is 0.871. The van der Waals surface area contributed by atoms with E-state index >= 15 is 0 Å². The smallest absolute Gasteiger partial charge is 0.407 e. The molecule has 0 bridgehead atoms. The maximum Gasteiger partial charge on any atom is 0.407 e. The minimum Gasteiger partial charge on any atom is -0.446 e. The minimum atomic E-state index is -3.45. The Morgan fingerprint density at radius 3 is 2.93 bits per heavy atom. The highest BCUT2D eigenvalue weighted by atomic mass is 32.2. The van der Waals surface area contributed by atoms with Crippen molar-refractivity contribution < 1.29 is 17.9 Å². The Labute approximate surface area is 176 Å². The summed E-state index contributed by atoms with van der Waals surface area (Å²) in [5.41, 5.74) is 2.49. The van der Waals surface area contributed by atoms with Gasteiger partial charge in [0.15, 0.2) is 5.82 Å². The lowest BCUT2D eigenvalue weighted by Crippen LogP contribution is -2.33. The summed E-state index contributed by atoms with van der Waals surface area (Å²) in [7, 11) is -3.45. The van der Waals surface area contributed by atoms with Crippen LogP contribution in [-0.2, 0) is 21.2 Å². The Morgan fingerprint density at radius 1 is 1.30 bits per heavy atom. The van der Waals surface area contributed by atoms with Crippen molar-refractivity contribution in [1.82, 2.24) is 20.2 Å². The van der Waals surface area contributed by atoms with Gasteiger partial charge in [0.2, 0.25) is 10.0 Å². The van der Waals surface area contributed by atoms with Crippen LogP contribution in [0.4, 0.5) is 16.3 Å². The number of rotatable bonds is 5. The van der Waals surface area contributed by atoms with Crippen LogP contribution in [0.15, 0.2) is 29.2 Å². The first-order valence-corrected chi connectivity index (χ1v) is 11.7. The zero-order valence-corrected chi connectivity index (χ0v) is 17.9. The molecular formula is C20H27N5O4S. The van der Waals surface area contributed by atoms with E-state index in [1.165, 1.54) is 0 Å². The van der Waals surface area contributed by atoms with Crippen molar-refractivity contribution in [3.8, 4) is 0 Å². The standard InChI is InChI=1S/C20H27N5O4S/c1-12(2)22-20(26)29-14-7-6-13(10-14)17-11-19(25-24-17)23-16-4-3-5-18-15(16)8-9-21-30(18,27)28/h3-5,11-14,21H,6-10H2,1-2H3,(H,22,26)(H2,23,24,25)/t13-,14+/m0/s1. The number of alkyl carbamates (subject to hydrolysis) is 1. The number of H-pyrrole nitrogens is 1. The Bertz CT molecular complexity index is 1030. The van der Waals surface area contributed by atoms with Crippen molar-refractivity contribution in [3.63, 3.8) is 0 Å². The second-order valence-corrected chi connectivity index (χ2v) is 9.84. The van der Waals surface area contributed by atoms with Crippen LogP contribution in [0.2, 0.25) is 0 Å². The SMILES string of the molecule is CC(C)NC(=O)O[C@@H]1CC[C@H](c2cc(Nc3cccc4c3CCNS4(=O)=O)n[nH]2)C1. The zero-order chi connectivity index (χ0) is 21.3. The third kappa shape index (κ3) is 4.44. The summed E-state index contributed by atoms with van der Waals surface area (Å²) >= 11 is 0. The van der Waals surface area contributed by atoms with Crippen molar-refractivity contribution in [2.24, 2.45) is 0 Å².